The van der Waals surface area contributed by atoms with Crippen LogP contribution in [0.15, 0.2) is 24.3 Å². The fourth-order valence-electron chi connectivity index (χ4n) is 2.36. The third kappa shape index (κ3) is 3.69. The molecule has 1 fully saturated rings. The second-order valence-electron chi connectivity index (χ2n) is 5.00. The number of carboxylic acids is 1. The highest BCUT2D eigenvalue weighted by atomic mass is 19.4. The van der Waals surface area contributed by atoms with Gasteiger partial charge < -0.3 is 9.90 Å². The lowest BCUT2D eigenvalue weighted by atomic mass is 10.1. The zero-order chi connectivity index (χ0) is 15.8. The number of benzene rings is 1. The Bertz CT molecular complexity index is 544. The maximum atomic E-state index is 13.3. The van der Waals surface area contributed by atoms with Gasteiger partial charge in [0, 0.05) is 13.0 Å². The summed E-state index contributed by atoms with van der Waals surface area (Å²) in [7, 11) is 0. The largest absolute Gasteiger partial charge is 0.548 e. The summed E-state index contributed by atoms with van der Waals surface area (Å²) in [5.74, 6) is -4.84. The number of carboxylic acid groups (broad SMARTS) is 1. The SMILES string of the molecule is O=C([O-])[C@H]1CC(F)(F)CN1Cc1cccc(C(F)(F)F)c1. The van der Waals surface area contributed by atoms with Crippen LogP contribution in [0.1, 0.15) is 17.5 Å². The number of hydrogen-bond donors (Lipinski definition) is 0. The van der Waals surface area contributed by atoms with Gasteiger partial charge in [0.15, 0.2) is 0 Å². The van der Waals surface area contributed by atoms with Crippen molar-refractivity contribution in [2.24, 2.45) is 0 Å². The molecule has 0 radical (unpaired) electrons. The molecule has 0 aromatic heterocycles. The van der Waals surface area contributed by atoms with Crippen molar-refractivity contribution in [3.63, 3.8) is 0 Å². The number of halogens is 5. The van der Waals surface area contributed by atoms with Gasteiger partial charge in [0.1, 0.15) is 0 Å². The topological polar surface area (TPSA) is 43.4 Å². The third-order valence-corrected chi connectivity index (χ3v) is 3.28. The zero-order valence-corrected chi connectivity index (χ0v) is 10.7. The van der Waals surface area contributed by atoms with Crippen LogP contribution in [0.2, 0.25) is 0 Å². The van der Waals surface area contributed by atoms with Crippen LogP contribution in [0.4, 0.5) is 22.0 Å². The number of alkyl halides is 5. The first-order valence-corrected chi connectivity index (χ1v) is 6.07. The molecule has 0 spiro atoms. The lowest BCUT2D eigenvalue weighted by Gasteiger charge is -2.24. The summed E-state index contributed by atoms with van der Waals surface area (Å²) in [6.45, 7) is -1.12. The van der Waals surface area contributed by atoms with Gasteiger partial charge in [0.2, 0.25) is 0 Å². The van der Waals surface area contributed by atoms with Crippen molar-refractivity contribution in [3.8, 4) is 0 Å². The van der Waals surface area contributed by atoms with Crippen LogP contribution in [-0.2, 0) is 17.5 Å². The van der Waals surface area contributed by atoms with E-state index in [1.165, 1.54) is 6.07 Å². The molecule has 1 aliphatic rings. The second kappa shape index (κ2) is 5.25. The maximum Gasteiger partial charge on any atom is 0.416 e. The Morgan fingerprint density at radius 2 is 2.05 bits per heavy atom. The van der Waals surface area contributed by atoms with E-state index in [4.69, 9.17) is 0 Å². The zero-order valence-electron chi connectivity index (χ0n) is 10.7. The van der Waals surface area contributed by atoms with E-state index < -0.39 is 42.6 Å². The predicted octanol–water partition coefficient (Wildman–Crippen LogP) is 1.66. The van der Waals surface area contributed by atoms with E-state index in [2.05, 4.69) is 0 Å². The molecule has 116 valence electrons. The lowest BCUT2D eigenvalue weighted by molar-refractivity contribution is -0.311. The Hall–Kier alpha value is -1.70. The van der Waals surface area contributed by atoms with Gasteiger partial charge in [-0.05, 0) is 11.6 Å². The maximum absolute atomic E-state index is 13.3. The highest BCUT2D eigenvalue weighted by molar-refractivity contribution is 5.71. The first-order valence-electron chi connectivity index (χ1n) is 6.07. The summed E-state index contributed by atoms with van der Waals surface area (Å²) in [6, 6.07) is 2.66. The van der Waals surface area contributed by atoms with Crippen LogP contribution >= 0.6 is 0 Å². The first-order chi connectivity index (χ1) is 9.58. The van der Waals surface area contributed by atoms with Crippen LogP contribution in [0, 0.1) is 0 Å². The fourth-order valence-corrected chi connectivity index (χ4v) is 2.36. The number of hydrogen-bond acceptors (Lipinski definition) is 3. The second-order valence-corrected chi connectivity index (χ2v) is 5.00. The monoisotopic (exact) mass is 308 g/mol. The molecule has 2 rings (SSSR count). The average molecular weight is 308 g/mol. The molecule has 0 N–H and O–H groups in total. The van der Waals surface area contributed by atoms with E-state index in [0.717, 1.165) is 23.1 Å². The van der Waals surface area contributed by atoms with Crippen LogP contribution in [-0.4, -0.2) is 29.4 Å². The van der Waals surface area contributed by atoms with Crippen LogP contribution in [0.25, 0.3) is 0 Å². The number of aliphatic carboxylic acids is 1. The van der Waals surface area contributed by atoms with Crippen molar-refractivity contribution >= 4 is 5.97 Å². The van der Waals surface area contributed by atoms with Crippen molar-refractivity contribution < 1.29 is 31.9 Å². The standard InChI is InChI=1S/C13H12F5NO2/c14-12(15)5-10(11(20)21)19(7-12)6-8-2-1-3-9(4-8)13(16,17)18/h1-4,10H,5-7H2,(H,20,21)/p-1/t10-/m1/s1. The molecular weight excluding hydrogens is 297 g/mol. The number of likely N-dealkylation sites (tertiary alicyclic amines) is 1. The van der Waals surface area contributed by atoms with E-state index in [0.29, 0.717) is 0 Å². The van der Waals surface area contributed by atoms with Crippen LogP contribution < -0.4 is 5.11 Å². The van der Waals surface area contributed by atoms with Gasteiger partial charge in [-0.3, -0.25) is 4.90 Å². The molecule has 1 heterocycles. The molecule has 0 aliphatic carbocycles. The molecule has 0 unspecified atom stereocenters. The third-order valence-electron chi connectivity index (χ3n) is 3.28. The van der Waals surface area contributed by atoms with Crippen LogP contribution in [0.3, 0.4) is 0 Å². The summed E-state index contributed by atoms with van der Waals surface area (Å²) < 4.78 is 64.2. The van der Waals surface area contributed by atoms with Crippen molar-refractivity contribution in [1.82, 2.24) is 4.90 Å². The molecule has 1 aromatic rings. The Morgan fingerprint density at radius 1 is 1.38 bits per heavy atom. The molecule has 0 bridgehead atoms. The van der Waals surface area contributed by atoms with E-state index in [9.17, 15) is 31.9 Å². The highest BCUT2D eigenvalue weighted by Crippen LogP contribution is 2.34. The van der Waals surface area contributed by atoms with Gasteiger partial charge in [-0.15, -0.1) is 0 Å². The van der Waals surface area contributed by atoms with Gasteiger partial charge in [0.05, 0.1) is 24.1 Å². The van der Waals surface area contributed by atoms with Crippen molar-refractivity contribution in [2.75, 3.05) is 6.54 Å². The van der Waals surface area contributed by atoms with Gasteiger partial charge in [-0.1, -0.05) is 18.2 Å². The van der Waals surface area contributed by atoms with E-state index >= 15 is 0 Å². The van der Waals surface area contributed by atoms with Gasteiger partial charge in [0.25, 0.3) is 5.92 Å². The van der Waals surface area contributed by atoms with Gasteiger partial charge in [-0.2, -0.15) is 13.2 Å². The minimum absolute atomic E-state index is 0.119. The summed E-state index contributed by atoms with van der Waals surface area (Å²) >= 11 is 0. The quantitative estimate of drug-likeness (QED) is 0.798. The number of carbonyl (C=O) groups excluding carboxylic acids is 1. The molecule has 1 saturated heterocycles. The summed E-state index contributed by atoms with van der Waals surface area (Å²) in [6.07, 6.45) is -5.44. The van der Waals surface area contributed by atoms with Crippen molar-refractivity contribution in [2.45, 2.75) is 31.1 Å². The van der Waals surface area contributed by atoms with Gasteiger partial charge >= 0.3 is 6.18 Å². The van der Waals surface area contributed by atoms with Crippen molar-refractivity contribution in [1.29, 1.82) is 0 Å². The van der Waals surface area contributed by atoms with E-state index in [1.54, 1.807) is 0 Å². The predicted molar refractivity (Wildman–Crippen MR) is 60.2 cm³/mol. The molecule has 0 saturated carbocycles. The molecular formula is C13H11F5NO2-. The Balaban J connectivity index is 2.19. The molecule has 0 amide bonds. The summed E-state index contributed by atoms with van der Waals surface area (Å²) in [5.41, 5.74) is -0.787. The molecule has 21 heavy (non-hydrogen) atoms. The minimum atomic E-state index is -4.54. The summed E-state index contributed by atoms with van der Waals surface area (Å²) in [5, 5.41) is 10.9. The van der Waals surface area contributed by atoms with E-state index in [1.807, 2.05) is 0 Å². The minimum Gasteiger partial charge on any atom is -0.548 e. The average Bonchev–Trinajstić information content (AvgIpc) is 2.64. The molecule has 1 atom stereocenters. The fraction of sp³-hybridized carbons (Fsp3) is 0.462. The smallest absolute Gasteiger partial charge is 0.416 e. The normalized spacial score (nSPS) is 22.4. The molecule has 1 aliphatic heterocycles. The number of rotatable bonds is 3. The van der Waals surface area contributed by atoms with Crippen molar-refractivity contribution in [3.05, 3.63) is 35.4 Å². The lowest BCUT2D eigenvalue weighted by Crippen LogP contribution is -2.44. The molecule has 3 nitrogen and oxygen atoms in total. The number of nitrogens with zero attached hydrogens (tertiary/aromatic N) is 1. The first kappa shape index (κ1) is 15.7. The van der Waals surface area contributed by atoms with Gasteiger partial charge in [-0.25, -0.2) is 8.78 Å². The highest BCUT2D eigenvalue weighted by Gasteiger charge is 2.45. The molecule has 1 aromatic carbocycles. The number of carbonyl (C=O) groups is 1. The van der Waals surface area contributed by atoms with Crippen LogP contribution in [0.5, 0.6) is 0 Å². The Labute approximate surface area is 117 Å². The summed E-state index contributed by atoms with van der Waals surface area (Å²) in [4.78, 5) is 11.8. The Kier molecular flexibility index (Phi) is 3.92. The molecule has 8 heteroatoms. The Morgan fingerprint density at radius 3 is 2.62 bits per heavy atom. The van der Waals surface area contributed by atoms with E-state index in [-0.39, 0.29) is 12.1 Å².